The van der Waals surface area contributed by atoms with Gasteiger partial charge in [-0.05, 0) is 37.6 Å². The van der Waals surface area contributed by atoms with Crippen molar-refractivity contribution in [2.24, 2.45) is 0 Å². The van der Waals surface area contributed by atoms with Crippen LogP contribution in [0.4, 0.5) is 0 Å². The van der Waals surface area contributed by atoms with Crippen molar-refractivity contribution in [1.82, 2.24) is 5.32 Å². The van der Waals surface area contributed by atoms with Gasteiger partial charge in [0.2, 0.25) is 0 Å². The quantitative estimate of drug-likeness (QED) is 0.842. The number of benzene rings is 1. The van der Waals surface area contributed by atoms with Crippen LogP contribution in [0, 0.1) is 6.92 Å². The Balaban J connectivity index is 3.14. The summed E-state index contributed by atoms with van der Waals surface area (Å²) in [5.41, 5.74) is 0.877. The summed E-state index contributed by atoms with van der Waals surface area (Å²) in [5, 5.41) is 2.63. The third-order valence-electron chi connectivity index (χ3n) is 2.04. The molecule has 0 unspecified atom stereocenters. The Morgan fingerprint density at radius 3 is 2.50 bits per heavy atom. The fraction of sp³-hybridized carbons (Fsp3) is 0.300. The molecule has 88 valence electrons. The van der Waals surface area contributed by atoms with E-state index in [9.17, 15) is 13.2 Å². The second kappa shape index (κ2) is 4.84. The van der Waals surface area contributed by atoms with E-state index in [1.165, 1.54) is 18.2 Å². The third kappa shape index (κ3) is 2.96. The highest BCUT2D eigenvalue weighted by atomic mass is 35.7. The lowest BCUT2D eigenvalue weighted by Gasteiger charge is -2.05. The number of carbonyl (C=O) groups is 1. The average molecular weight is 262 g/mol. The monoisotopic (exact) mass is 261 g/mol. The molecule has 6 heteroatoms. The Bertz CT molecular complexity index is 511. The normalized spacial score (nSPS) is 11.2. The first kappa shape index (κ1) is 13.0. The van der Waals surface area contributed by atoms with Crippen molar-refractivity contribution < 1.29 is 13.2 Å². The van der Waals surface area contributed by atoms with E-state index in [0.29, 0.717) is 17.7 Å². The summed E-state index contributed by atoms with van der Waals surface area (Å²) < 4.78 is 22.3. The van der Waals surface area contributed by atoms with Crippen LogP contribution >= 0.6 is 10.7 Å². The van der Waals surface area contributed by atoms with Crippen molar-refractivity contribution in [3.63, 3.8) is 0 Å². The number of rotatable bonds is 3. The molecule has 0 aromatic heterocycles. The largest absolute Gasteiger partial charge is 0.352 e. The van der Waals surface area contributed by atoms with Crippen molar-refractivity contribution in [3.05, 3.63) is 29.3 Å². The third-order valence-corrected chi connectivity index (χ3v) is 3.52. The van der Waals surface area contributed by atoms with Crippen molar-refractivity contribution in [3.8, 4) is 0 Å². The van der Waals surface area contributed by atoms with Crippen molar-refractivity contribution in [2.45, 2.75) is 18.7 Å². The smallest absolute Gasteiger partial charge is 0.261 e. The van der Waals surface area contributed by atoms with Crippen LogP contribution in [0.1, 0.15) is 22.8 Å². The highest BCUT2D eigenvalue weighted by Crippen LogP contribution is 2.20. The molecule has 0 atom stereocenters. The van der Waals surface area contributed by atoms with Gasteiger partial charge in [-0.15, -0.1) is 0 Å². The zero-order valence-electron chi connectivity index (χ0n) is 8.95. The number of aryl methyl sites for hydroxylation is 1. The van der Waals surface area contributed by atoms with Crippen LogP contribution in [0.25, 0.3) is 0 Å². The maximum absolute atomic E-state index is 11.5. The highest BCUT2D eigenvalue weighted by Gasteiger charge is 2.15. The second-order valence-corrected chi connectivity index (χ2v) is 5.81. The maximum atomic E-state index is 11.5. The van der Waals surface area contributed by atoms with Crippen LogP contribution < -0.4 is 5.32 Å². The van der Waals surface area contributed by atoms with Crippen molar-refractivity contribution in [1.29, 1.82) is 0 Å². The molecule has 0 heterocycles. The Hall–Kier alpha value is -1.07. The number of halogens is 1. The van der Waals surface area contributed by atoms with Gasteiger partial charge >= 0.3 is 0 Å². The fourth-order valence-electron chi connectivity index (χ4n) is 1.33. The van der Waals surface area contributed by atoms with E-state index in [-0.39, 0.29) is 10.8 Å². The molecule has 0 radical (unpaired) electrons. The SMILES string of the molecule is CCNC(=O)c1ccc(S(=O)(=O)Cl)c(C)c1. The number of carbonyl (C=O) groups excluding carboxylic acids is 1. The van der Waals surface area contributed by atoms with Gasteiger partial charge in [0.05, 0.1) is 4.90 Å². The number of nitrogens with one attached hydrogen (secondary N) is 1. The Labute approximate surface area is 99.0 Å². The summed E-state index contributed by atoms with van der Waals surface area (Å²) in [6.45, 7) is 3.92. The number of amides is 1. The molecular weight excluding hydrogens is 250 g/mol. The molecule has 1 aromatic rings. The molecule has 0 fully saturated rings. The summed E-state index contributed by atoms with van der Waals surface area (Å²) >= 11 is 0. The van der Waals surface area contributed by atoms with Gasteiger partial charge in [0.15, 0.2) is 0 Å². The predicted molar refractivity (Wildman–Crippen MR) is 62.2 cm³/mol. The first-order chi connectivity index (χ1) is 7.36. The number of hydrogen-bond acceptors (Lipinski definition) is 3. The molecule has 16 heavy (non-hydrogen) atoms. The molecule has 0 aliphatic carbocycles. The van der Waals surface area contributed by atoms with Gasteiger partial charge in [-0.1, -0.05) is 0 Å². The van der Waals surface area contributed by atoms with E-state index < -0.39 is 9.05 Å². The van der Waals surface area contributed by atoms with Crippen LogP contribution in [-0.2, 0) is 9.05 Å². The van der Waals surface area contributed by atoms with Gasteiger partial charge in [-0.25, -0.2) is 8.42 Å². The van der Waals surface area contributed by atoms with Crippen molar-refractivity contribution >= 4 is 25.6 Å². The molecule has 1 amide bonds. The first-order valence-corrected chi connectivity index (χ1v) is 7.00. The predicted octanol–water partition coefficient (Wildman–Crippen LogP) is 1.67. The van der Waals surface area contributed by atoms with Gasteiger partial charge < -0.3 is 5.32 Å². The van der Waals surface area contributed by atoms with Gasteiger partial charge in [0.1, 0.15) is 0 Å². The molecule has 1 rings (SSSR count). The van der Waals surface area contributed by atoms with E-state index in [1.54, 1.807) is 6.92 Å². The minimum absolute atomic E-state index is 0.0298. The molecule has 0 aliphatic heterocycles. The van der Waals surface area contributed by atoms with E-state index in [2.05, 4.69) is 5.32 Å². The summed E-state index contributed by atoms with van der Waals surface area (Å²) in [6, 6.07) is 4.27. The lowest BCUT2D eigenvalue weighted by atomic mass is 10.1. The Morgan fingerprint density at radius 2 is 2.06 bits per heavy atom. The highest BCUT2D eigenvalue weighted by molar-refractivity contribution is 8.13. The molecular formula is C10H12ClNO3S. The molecule has 0 bridgehead atoms. The van der Waals surface area contributed by atoms with Crippen LogP contribution in [-0.4, -0.2) is 20.9 Å². The van der Waals surface area contributed by atoms with Crippen LogP contribution in [0.15, 0.2) is 23.1 Å². The summed E-state index contributed by atoms with van der Waals surface area (Å²) in [6.07, 6.45) is 0. The van der Waals surface area contributed by atoms with Crippen molar-refractivity contribution in [2.75, 3.05) is 6.54 Å². The standard InChI is InChI=1S/C10H12ClNO3S/c1-3-12-10(13)8-4-5-9(7(2)6-8)16(11,14)15/h4-6H,3H2,1-2H3,(H,12,13). The van der Waals surface area contributed by atoms with E-state index in [4.69, 9.17) is 10.7 Å². The maximum Gasteiger partial charge on any atom is 0.261 e. The molecule has 0 spiro atoms. The first-order valence-electron chi connectivity index (χ1n) is 4.69. The van der Waals surface area contributed by atoms with Gasteiger partial charge in [-0.2, -0.15) is 0 Å². The second-order valence-electron chi connectivity index (χ2n) is 3.28. The lowest BCUT2D eigenvalue weighted by Crippen LogP contribution is -2.22. The molecule has 1 aromatic carbocycles. The molecule has 0 aliphatic rings. The zero-order chi connectivity index (χ0) is 12.3. The van der Waals surface area contributed by atoms with E-state index >= 15 is 0 Å². The molecule has 0 saturated carbocycles. The molecule has 1 N–H and O–H groups in total. The average Bonchev–Trinajstić information content (AvgIpc) is 2.16. The fourth-order valence-corrected chi connectivity index (χ4v) is 2.52. The lowest BCUT2D eigenvalue weighted by molar-refractivity contribution is 0.0955. The minimum atomic E-state index is -3.75. The minimum Gasteiger partial charge on any atom is -0.352 e. The van der Waals surface area contributed by atoms with Crippen LogP contribution in [0.2, 0.25) is 0 Å². The topological polar surface area (TPSA) is 63.2 Å². The Kier molecular flexibility index (Phi) is 3.93. The Morgan fingerprint density at radius 1 is 1.44 bits per heavy atom. The zero-order valence-corrected chi connectivity index (χ0v) is 10.5. The molecule has 4 nitrogen and oxygen atoms in total. The van der Waals surface area contributed by atoms with Crippen LogP contribution in [0.5, 0.6) is 0 Å². The van der Waals surface area contributed by atoms with Gasteiger partial charge in [0, 0.05) is 22.8 Å². The summed E-state index contributed by atoms with van der Waals surface area (Å²) in [5.74, 6) is -0.232. The van der Waals surface area contributed by atoms with Crippen LogP contribution in [0.3, 0.4) is 0 Å². The van der Waals surface area contributed by atoms with E-state index in [1.807, 2.05) is 6.92 Å². The van der Waals surface area contributed by atoms with E-state index in [0.717, 1.165) is 0 Å². The number of hydrogen-bond donors (Lipinski definition) is 1. The van der Waals surface area contributed by atoms with Gasteiger partial charge in [-0.3, -0.25) is 4.79 Å². The summed E-state index contributed by atoms with van der Waals surface area (Å²) in [7, 11) is 1.48. The van der Waals surface area contributed by atoms with Gasteiger partial charge in [0.25, 0.3) is 15.0 Å². The summed E-state index contributed by atoms with van der Waals surface area (Å²) in [4.78, 5) is 11.5. The molecule has 0 saturated heterocycles.